The van der Waals surface area contributed by atoms with Crippen LogP contribution in [0.5, 0.6) is 0 Å². The zero-order valence-electron chi connectivity index (χ0n) is 14.4. The number of ketones is 1. The monoisotopic (exact) mass is 366 g/mol. The highest BCUT2D eigenvalue weighted by Gasteiger charge is 2.25. The zero-order chi connectivity index (χ0) is 18.1. The molecule has 26 heavy (non-hydrogen) atoms. The van der Waals surface area contributed by atoms with Gasteiger partial charge < -0.3 is 9.36 Å². The molecule has 7 nitrogen and oxygen atoms in total. The number of Topliss-reactive ketones (excluding diaryl/α,β-unsaturated/α-hetero) is 1. The van der Waals surface area contributed by atoms with Crippen molar-refractivity contribution < 1.29 is 4.79 Å². The van der Waals surface area contributed by atoms with E-state index in [-0.39, 0.29) is 5.78 Å². The maximum absolute atomic E-state index is 11.4. The molecule has 8 heteroatoms. The van der Waals surface area contributed by atoms with Gasteiger partial charge in [0.1, 0.15) is 11.5 Å². The standard InChI is InChI=1S/C18H18N6OS/c1-12(25)6-14-4-5-23(9-14)11-24-17-3-2-13(8-19)7-15(17)20-18(24)16-10-26-22-21-16/h2-3,7,10,14H,4-6,9,11H2,1H3. The molecule has 1 aromatic carbocycles. The lowest BCUT2D eigenvalue weighted by Gasteiger charge is -2.18. The van der Waals surface area contributed by atoms with E-state index in [1.807, 2.05) is 17.5 Å². The highest BCUT2D eigenvalue weighted by Crippen LogP contribution is 2.27. The minimum atomic E-state index is 0.253. The molecule has 1 fully saturated rings. The Morgan fingerprint density at radius 2 is 2.35 bits per heavy atom. The fourth-order valence-corrected chi connectivity index (χ4v) is 4.05. The first-order chi connectivity index (χ1) is 12.6. The largest absolute Gasteiger partial charge is 0.309 e. The van der Waals surface area contributed by atoms with Crippen molar-refractivity contribution in [3.8, 4) is 17.6 Å². The van der Waals surface area contributed by atoms with Crippen LogP contribution in [0.4, 0.5) is 0 Å². The molecule has 0 spiro atoms. The molecule has 0 saturated carbocycles. The van der Waals surface area contributed by atoms with Crippen molar-refractivity contribution in [1.82, 2.24) is 24.0 Å². The third kappa shape index (κ3) is 3.23. The number of hydrogen-bond acceptors (Lipinski definition) is 7. The molecule has 2 aromatic heterocycles. The van der Waals surface area contributed by atoms with Gasteiger partial charge in [0.05, 0.1) is 29.3 Å². The Morgan fingerprint density at radius 1 is 1.46 bits per heavy atom. The number of likely N-dealkylation sites (tertiary alicyclic amines) is 1. The summed E-state index contributed by atoms with van der Waals surface area (Å²) in [5, 5.41) is 15.2. The topological polar surface area (TPSA) is 87.7 Å². The van der Waals surface area contributed by atoms with Crippen LogP contribution >= 0.6 is 11.5 Å². The number of hydrogen-bond donors (Lipinski definition) is 0. The summed E-state index contributed by atoms with van der Waals surface area (Å²) >= 11 is 1.29. The zero-order valence-corrected chi connectivity index (χ0v) is 15.2. The van der Waals surface area contributed by atoms with Crippen molar-refractivity contribution in [3.63, 3.8) is 0 Å². The van der Waals surface area contributed by atoms with Crippen LogP contribution in [0, 0.1) is 17.2 Å². The van der Waals surface area contributed by atoms with Crippen LogP contribution in [-0.2, 0) is 11.5 Å². The second-order valence-corrected chi connectivity index (χ2v) is 7.36. The van der Waals surface area contributed by atoms with Gasteiger partial charge in [0.15, 0.2) is 5.82 Å². The quantitative estimate of drug-likeness (QED) is 0.690. The average Bonchev–Trinajstić information content (AvgIpc) is 3.35. The third-order valence-corrected chi connectivity index (χ3v) is 5.26. The maximum atomic E-state index is 11.4. The molecule has 3 heterocycles. The summed E-state index contributed by atoms with van der Waals surface area (Å²) in [4.78, 5) is 18.4. The Labute approximate surface area is 155 Å². The molecular weight excluding hydrogens is 348 g/mol. The van der Waals surface area contributed by atoms with Gasteiger partial charge in [-0.3, -0.25) is 4.90 Å². The molecule has 132 valence electrons. The average molecular weight is 366 g/mol. The third-order valence-electron chi connectivity index (χ3n) is 4.75. The number of nitriles is 1. The lowest BCUT2D eigenvalue weighted by atomic mass is 10.0. The lowest BCUT2D eigenvalue weighted by molar-refractivity contribution is -0.117. The second-order valence-electron chi connectivity index (χ2n) is 6.75. The normalized spacial score (nSPS) is 17.6. The fourth-order valence-electron chi connectivity index (χ4n) is 3.61. The van der Waals surface area contributed by atoms with E-state index in [0.717, 1.165) is 42.1 Å². The van der Waals surface area contributed by atoms with Gasteiger partial charge in [0, 0.05) is 24.9 Å². The molecule has 0 radical (unpaired) electrons. The molecule has 1 aliphatic heterocycles. The van der Waals surface area contributed by atoms with Gasteiger partial charge in [-0.2, -0.15) is 5.26 Å². The summed E-state index contributed by atoms with van der Waals surface area (Å²) in [5.74, 6) is 1.44. The molecule has 4 rings (SSSR count). The highest BCUT2D eigenvalue weighted by atomic mass is 32.1. The van der Waals surface area contributed by atoms with Crippen molar-refractivity contribution in [2.24, 2.45) is 5.92 Å². The predicted octanol–water partition coefficient (Wildman–Crippen LogP) is 2.68. The van der Waals surface area contributed by atoms with E-state index in [1.165, 1.54) is 11.5 Å². The molecule has 1 aliphatic rings. The number of fused-ring (bicyclic) bond motifs is 1. The molecule has 3 aromatic rings. The highest BCUT2D eigenvalue weighted by molar-refractivity contribution is 7.03. The number of benzene rings is 1. The lowest BCUT2D eigenvalue weighted by Crippen LogP contribution is -2.25. The fraction of sp³-hybridized carbons (Fsp3) is 0.389. The Balaban J connectivity index is 1.68. The van der Waals surface area contributed by atoms with E-state index in [4.69, 9.17) is 10.2 Å². The summed E-state index contributed by atoms with van der Waals surface area (Å²) < 4.78 is 6.08. The van der Waals surface area contributed by atoms with Crippen LogP contribution in [0.3, 0.4) is 0 Å². The minimum absolute atomic E-state index is 0.253. The van der Waals surface area contributed by atoms with E-state index >= 15 is 0 Å². The molecule has 0 aliphatic carbocycles. The molecule has 1 saturated heterocycles. The summed E-state index contributed by atoms with van der Waals surface area (Å²) in [6.07, 6.45) is 1.69. The van der Waals surface area contributed by atoms with Crippen LogP contribution < -0.4 is 0 Å². The predicted molar refractivity (Wildman–Crippen MR) is 98.3 cm³/mol. The number of carbonyl (C=O) groups is 1. The number of carbonyl (C=O) groups excluding carboxylic acids is 1. The van der Waals surface area contributed by atoms with Crippen molar-refractivity contribution in [3.05, 3.63) is 29.1 Å². The summed E-state index contributed by atoms with van der Waals surface area (Å²) in [5.41, 5.74) is 3.09. The number of rotatable bonds is 5. The minimum Gasteiger partial charge on any atom is -0.309 e. The van der Waals surface area contributed by atoms with E-state index < -0.39 is 0 Å². The van der Waals surface area contributed by atoms with Crippen LogP contribution in [0.1, 0.15) is 25.3 Å². The molecule has 1 atom stereocenters. The van der Waals surface area contributed by atoms with Crippen molar-refractivity contribution in [2.45, 2.75) is 26.4 Å². The maximum Gasteiger partial charge on any atom is 0.163 e. The van der Waals surface area contributed by atoms with Gasteiger partial charge >= 0.3 is 0 Å². The molecule has 0 amide bonds. The SMILES string of the molecule is CC(=O)CC1CCN(Cn2c(-c3csnn3)nc3cc(C#N)ccc32)C1. The van der Waals surface area contributed by atoms with Gasteiger partial charge in [-0.15, -0.1) is 5.10 Å². The Hall–Kier alpha value is -2.63. The van der Waals surface area contributed by atoms with E-state index in [9.17, 15) is 4.79 Å². The molecule has 0 N–H and O–H groups in total. The first-order valence-electron chi connectivity index (χ1n) is 8.53. The Kier molecular flexibility index (Phi) is 4.49. The van der Waals surface area contributed by atoms with Gasteiger partial charge in [-0.05, 0) is 49.0 Å². The van der Waals surface area contributed by atoms with E-state index in [2.05, 4.69) is 25.1 Å². The second kappa shape index (κ2) is 6.94. The van der Waals surface area contributed by atoms with Crippen molar-refractivity contribution in [1.29, 1.82) is 5.26 Å². The molecule has 0 bridgehead atoms. The van der Waals surface area contributed by atoms with E-state index in [1.54, 1.807) is 13.0 Å². The molecule has 1 unspecified atom stereocenters. The van der Waals surface area contributed by atoms with Gasteiger partial charge in [-0.1, -0.05) is 4.49 Å². The van der Waals surface area contributed by atoms with Crippen LogP contribution in [-0.4, -0.2) is 42.9 Å². The van der Waals surface area contributed by atoms with Crippen LogP contribution in [0.15, 0.2) is 23.6 Å². The molecular formula is C18H18N6OS. The van der Waals surface area contributed by atoms with Crippen molar-refractivity contribution in [2.75, 3.05) is 13.1 Å². The number of nitrogens with zero attached hydrogens (tertiary/aromatic N) is 6. The number of imidazole rings is 1. The van der Waals surface area contributed by atoms with Gasteiger partial charge in [0.2, 0.25) is 0 Å². The smallest absolute Gasteiger partial charge is 0.163 e. The summed E-state index contributed by atoms with van der Waals surface area (Å²) in [6, 6.07) is 7.71. The van der Waals surface area contributed by atoms with E-state index in [0.29, 0.717) is 24.6 Å². The van der Waals surface area contributed by atoms with Crippen molar-refractivity contribution >= 4 is 28.3 Å². The summed E-state index contributed by atoms with van der Waals surface area (Å²) in [6.45, 7) is 4.21. The Bertz CT molecular complexity index is 987. The van der Waals surface area contributed by atoms with Crippen LogP contribution in [0.25, 0.3) is 22.6 Å². The van der Waals surface area contributed by atoms with Crippen LogP contribution in [0.2, 0.25) is 0 Å². The first-order valence-corrected chi connectivity index (χ1v) is 9.37. The Morgan fingerprint density at radius 3 is 3.08 bits per heavy atom. The summed E-state index contributed by atoms with van der Waals surface area (Å²) in [7, 11) is 0. The number of aromatic nitrogens is 4. The first kappa shape index (κ1) is 16.8. The van der Waals surface area contributed by atoms with Gasteiger partial charge in [-0.25, -0.2) is 4.98 Å². The van der Waals surface area contributed by atoms with Gasteiger partial charge in [0.25, 0.3) is 0 Å².